The summed E-state index contributed by atoms with van der Waals surface area (Å²) < 4.78 is 6.98. The third-order valence-electron chi connectivity index (χ3n) is 3.13. The van der Waals surface area contributed by atoms with E-state index in [1.165, 1.54) is 17.5 Å². The molecular formula is C12H19N3O2. The monoisotopic (exact) mass is 237 g/mol. The number of aromatic nitrogens is 2. The van der Waals surface area contributed by atoms with Crippen molar-refractivity contribution in [2.45, 2.75) is 44.6 Å². The summed E-state index contributed by atoms with van der Waals surface area (Å²) in [4.78, 5) is 11.9. The van der Waals surface area contributed by atoms with Crippen molar-refractivity contribution in [3.8, 4) is 0 Å². The lowest BCUT2D eigenvalue weighted by Crippen LogP contribution is -2.18. The Balaban J connectivity index is 1.98. The van der Waals surface area contributed by atoms with Gasteiger partial charge in [-0.2, -0.15) is 5.10 Å². The molecule has 0 radical (unpaired) electrons. The Kier molecular flexibility index (Phi) is 3.66. The van der Waals surface area contributed by atoms with E-state index in [0.29, 0.717) is 5.69 Å². The molecule has 1 fully saturated rings. The second-order valence-corrected chi connectivity index (χ2v) is 4.63. The van der Waals surface area contributed by atoms with E-state index in [2.05, 4.69) is 5.10 Å². The zero-order valence-electron chi connectivity index (χ0n) is 10.2. The van der Waals surface area contributed by atoms with Gasteiger partial charge in [-0.05, 0) is 25.7 Å². The number of carbonyl (C=O) groups excluding carboxylic acids is 1. The summed E-state index contributed by atoms with van der Waals surface area (Å²) in [7, 11) is 1.73. The lowest BCUT2D eigenvalue weighted by molar-refractivity contribution is 0.0261. The van der Waals surface area contributed by atoms with Crippen LogP contribution in [0.1, 0.15) is 49.0 Å². The molecule has 94 valence electrons. The molecule has 2 N–H and O–H groups in total. The van der Waals surface area contributed by atoms with Crippen LogP contribution in [-0.4, -0.2) is 21.9 Å². The average molecular weight is 237 g/mol. The summed E-state index contributed by atoms with van der Waals surface area (Å²) in [5, 5.41) is 4.02. The molecule has 5 nitrogen and oxygen atoms in total. The van der Waals surface area contributed by atoms with Gasteiger partial charge in [0.05, 0.1) is 5.69 Å². The molecule has 1 heterocycles. The Bertz CT molecular complexity index is 392. The van der Waals surface area contributed by atoms with E-state index >= 15 is 0 Å². The van der Waals surface area contributed by atoms with E-state index in [1.54, 1.807) is 13.2 Å². The summed E-state index contributed by atoms with van der Waals surface area (Å²) in [5.41, 5.74) is 6.31. The summed E-state index contributed by atoms with van der Waals surface area (Å²) in [6.45, 7) is 0. The highest BCUT2D eigenvalue weighted by Gasteiger charge is 2.21. The van der Waals surface area contributed by atoms with E-state index in [4.69, 9.17) is 10.5 Å². The molecule has 17 heavy (non-hydrogen) atoms. The zero-order chi connectivity index (χ0) is 12.3. The number of rotatable bonds is 2. The lowest BCUT2D eigenvalue weighted by Gasteiger charge is -2.14. The van der Waals surface area contributed by atoms with E-state index in [9.17, 15) is 4.79 Å². The number of nitrogen functional groups attached to an aromatic ring is 1. The number of aryl methyl sites for hydroxylation is 1. The SMILES string of the molecule is Cn1cc(N)c(C(=O)OC2CCCCCC2)n1. The number of anilines is 1. The number of nitrogens with zero attached hydrogens (tertiary/aromatic N) is 2. The van der Waals surface area contributed by atoms with E-state index in [1.807, 2.05) is 0 Å². The first-order valence-corrected chi connectivity index (χ1v) is 6.17. The van der Waals surface area contributed by atoms with Gasteiger partial charge in [0.2, 0.25) is 0 Å². The number of hydrogen-bond acceptors (Lipinski definition) is 4. The topological polar surface area (TPSA) is 70.1 Å². The molecule has 1 aliphatic carbocycles. The van der Waals surface area contributed by atoms with Crippen molar-refractivity contribution in [2.75, 3.05) is 5.73 Å². The van der Waals surface area contributed by atoms with Gasteiger partial charge in [-0.15, -0.1) is 0 Å². The molecule has 1 aromatic heterocycles. The Morgan fingerprint density at radius 1 is 1.41 bits per heavy atom. The highest BCUT2D eigenvalue weighted by Crippen LogP contribution is 2.21. The molecule has 0 bridgehead atoms. The molecule has 1 aliphatic rings. The van der Waals surface area contributed by atoms with E-state index < -0.39 is 5.97 Å². The van der Waals surface area contributed by atoms with Gasteiger partial charge in [0, 0.05) is 13.2 Å². The Labute approximate surface area is 101 Å². The molecule has 0 saturated heterocycles. The minimum absolute atomic E-state index is 0.0337. The molecule has 0 atom stereocenters. The van der Waals surface area contributed by atoms with Crippen molar-refractivity contribution < 1.29 is 9.53 Å². The van der Waals surface area contributed by atoms with Crippen LogP contribution in [0.4, 0.5) is 5.69 Å². The first kappa shape index (κ1) is 12.0. The van der Waals surface area contributed by atoms with Crippen LogP contribution in [0.25, 0.3) is 0 Å². The molecule has 0 spiro atoms. The third kappa shape index (κ3) is 2.99. The van der Waals surface area contributed by atoms with Crippen molar-refractivity contribution in [1.29, 1.82) is 0 Å². The maximum Gasteiger partial charge on any atom is 0.361 e. The summed E-state index contributed by atoms with van der Waals surface area (Å²) >= 11 is 0. The second kappa shape index (κ2) is 5.21. The van der Waals surface area contributed by atoms with Crippen molar-refractivity contribution in [3.05, 3.63) is 11.9 Å². The maximum absolute atomic E-state index is 11.9. The highest BCUT2D eigenvalue weighted by atomic mass is 16.5. The number of esters is 1. The zero-order valence-corrected chi connectivity index (χ0v) is 10.2. The number of ether oxygens (including phenoxy) is 1. The minimum Gasteiger partial charge on any atom is -0.458 e. The van der Waals surface area contributed by atoms with Gasteiger partial charge in [-0.1, -0.05) is 12.8 Å². The van der Waals surface area contributed by atoms with Crippen LogP contribution in [0.5, 0.6) is 0 Å². The van der Waals surface area contributed by atoms with Gasteiger partial charge in [-0.3, -0.25) is 4.68 Å². The molecule has 0 aliphatic heterocycles. The Morgan fingerprint density at radius 3 is 2.59 bits per heavy atom. The molecule has 0 amide bonds. The van der Waals surface area contributed by atoms with E-state index in [-0.39, 0.29) is 11.8 Å². The van der Waals surface area contributed by atoms with Crippen LogP contribution in [0.15, 0.2) is 6.20 Å². The minimum atomic E-state index is -0.394. The fourth-order valence-corrected chi connectivity index (χ4v) is 2.23. The number of carbonyl (C=O) groups is 1. The van der Waals surface area contributed by atoms with Crippen LogP contribution in [0.3, 0.4) is 0 Å². The van der Waals surface area contributed by atoms with Gasteiger partial charge in [0.25, 0.3) is 0 Å². The van der Waals surface area contributed by atoms with Crippen molar-refractivity contribution >= 4 is 11.7 Å². The van der Waals surface area contributed by atoms with Crippen molar-refractivity contribution in [2.24, 2.45) is 7.05 Å². The normalized spacial score (nSPS) is 17.7. The van der Waals surface area contributed by atoms with Gasteiger partial charge in [-0.25, -0.2) is 4.79 Å². The molecular weight excluding hydrogens is 218 g/mol. The fourth-order valence-electron chi connectivity index (χ4n) is 2.23. The van der Waals surface area contributed by atoms with Crippen molar-refractivity contribution in [1.82, 2.24) is 9.78 Å². The first-order chi connectivity index (χ1) is 8.16. The average Bonchev–Trinajstić information content (AvgIpc) is 2.51. The third-order valence-corrected chi connectivity index (χ3v) is 3.13. The molecule has 0 unspecified atom stereocenters. The summed E-state index contributed by atoms with van der Waals surface area (Å²) in [6.07, 6.45) is 8.30. The molecule has 1 aromatic rings. The maximum atomic E-state index is 11.9. The fraction of sp³-hybridized carbons (Fsp3) is 0.667. The lowest BCUT2D eigenvalue weighted by atomic mass is 10.1. The summed E-state index contributed by atoms with van der Waals surface area (Å²) in [5.74, 6) is -0.394. The van der Waals surface area contributed by atoms with Crippen LogP contribution in [0, 0.1) is 0 Å². The van der Waals surface area contributed by atoms with E-state index in [0.717, 1.165) is 25.7 Å². The van der Waals surface area contributed by atoms with Crippen LogP contribution in [0.2, 0.25) is 0 Å². The van der Waals surface area contributed by atoms with Gasteiger partial charge in [0.1, 0.15) is 6.10 Å². The summed E-state index contributed by atoms with van der Waals surface area (Å²) in [6, 6.07) is 0. The smallest absolute Gasteiger partial charge is 0.361 e. The Hall–Kier alpha value is -1.52. The first-order valence-electron chi connectivity index (χ1n) is 6.17. The molecule has 1 saturated carbocycles. The predicted octanol–water partition coefficient (Wildman–Crippen LogP) is 1.88. The quantitative estimate of drug-likeness (QED) is 0.629. The second-order valence-electron chi connectivity index (χ2n) is 4.63. The molecule has 5 heteroatoms. The van der Waals surface area contributed by atoms with Crippen LogP contribution >= 0.6 is 0 Å². The number of nitrogens with two attached hydrogens (primary N) is 1. The highest BCUT2D eigenvalue weighted by molar-refractivity contribution is 5.92. The van der Waals surface area contributed by atoms with Crippen LogP contribution in [-0.2, 0) is 11.8 Å². The Morgan fingerprint density at radius 2 is 2.06 bits per heavy atom. The molecule has 2 rings (SSSR count). The number of hydrogen-bond donors (Lipinski definition) is 1. The standard InChI is InChI=1S/C12H19N3O2/c1-15-8-10(13)11(14-15)12(16)17-9-6-4-2-3-5-7-9/h8-9H,2-7,13H2,1H3. The van der Waals surface area contributed by atoms with Gasteiger partial charge >= 0.3 is 5.97 Å². The van der Waals surface area contributed by atoms with Crippen LogP contribution < -0.4 is 5.73 Å². The van der Waals surface area contributed by atoms with Crippen molar-refractivity contribution in [3.63, 3.8) is 0 Å². The van der Waals surface area contributed by atoms with Gasteiger partial charge in [0.15, 0.2) is 5.69 Å². The largest absolute Gasteiger partial charge is 0.458 e. The molecule has 0 aromatic carbocycles. The van der Waals surface area contributed by atoms with Gasteiger partial charge < -0.3 is 10.5 Å². The predicted molar refractivity (Wildman–Crippen MR) is 64.5 cm³/mol.